The highest BCUT2D eigenvalue weighted by Gasteiger charge is 2.07. The third-order valence-corrected chi connectivity index (χ3v) is 3.51. The van der Waals surface area contributed by atoms with Crippen molar-refractivity contribution in [1.29, 1.82) is 5.26 Å². The maximum Gasteiger partial charge on any atom is 0.100 e. The molecule has 0 saturated heterocycles. The van der Waals surface area contributed by atoms with E-state index in [2.05, 4.69) is 6.07 Å². The van der Waals surface area contributed by atoms with Gasteiger partial charge in [-0.05, 0) is 36.4 Å². The van der Waals surface area contributed by atoms with Crippen LogP contribution >= 0.6 is 11.8 Å². The Labute approximate surface area is 109 Å². The Hall–Kier alpha value is -2.32. The Morgan fingerprint density at radius 1 is 0.889 bits per heavy atom. The number of hydrogen-bond donors (Lipinski definition) is 3. The van der Waals surface area contributed by atoms with E-state index in [-0.39, 0.29) is 0 Å². The number of nitriles is 1. The molecule has 0 spiro atoms. The van der Waals surface area contributed by atoms with Gasteiger partial charge in [0.05, 0.1) is 5.56 Å². The molecule has 0 bridgehead atoms. The fourth-order valence-corrected chi connectivity index (χ4v) is 2.51. The molecule has 2 aromatic carbocycles. The molecular weight excluding hydrogens is 244 g/mol. The SMILES string of the molecule is N#Cc1ccc(N)cc1Sc1cc(N)ccc1N. The first-order valence-electron chi connectivity index (χ1n) is 5.22. The topological polar surface area (TPSA) is 102 Å². The molecular formula is C13H12N4S. The number of nitrogens with two attached hydrogens (primary N) is 3. The van der Waals surface area contributed by atoms with E-state index in [1.54, 1.807) is 36.4 Å². The normalized spacial score (nSPS) is 9.94. The number of benzene rings is 2. The summed E-state index contributed by atoms with van der Waals surface area (Å²) in [6.07, 6.45) is 0. The monoisotopic (exact) mass is 256 g/mol. The molecule has 6 N–H and O–H groups in total. The summed E-state index contributed by atoms with van der Waals surface area (Å²) in [6.45, 7) is 0. The summed E-state index contributed by atoms with van der Waals surface area (Å²) in [5.74, 6) is 0. The molecule has 0 amide bonds. The molecule has 18 heavy (non-hydrogen) atoms. The maximum atomic E-state index is 9.05. The van der Waals surface area contributed by atoms with Crippen LogP contribution in [0.5, 0.6) is 0 Å². The molecule has 0 radical (unpaired) electrons. The minimum Gasteiger partial charge on any atom is -0.399 e. The van der Waals surface area contributed by atoms with Gasteiger partial charge in [-0.25, -0.2) is 0 Å². The first kappa shape index (κ1) is 12.1. The molecule has 0 aliphatic heterocycles. The molecule has 90 valence electrons. The summed E-state index contributed by atoms with van der Waals surface area (Å²) in [5.41, 5.74) is 19.8. The number of anilines is 3. The average molecular weight is 256 g/mol. The van der Waals surface area contributed by atoms with E-state index in [9.17, 15) is 0 Å². The van der Waals surface area contributed by atoms with Crippen molar-refractivity contribution in [3.8, 4) is 6.07 Å². The summed E-state index contributed by atoms with van der Waals surface area (Å²) in [6, 6.07) is 12.5. The fourth-order valence-electron chi connectivity index (χ4n) is 1.47. The van der Waals surface area contributed by atoms with E-state index in [0.29, 0.717) is 22.6 Å². The van der Waals surface area contributed by atoms with E-state index < -0.39 is 0 Å². The van der Waals surface area contributed by atoms with Gasteiger partial charge in [0.1, 0.15) is 6.07 Å². The zero-order valence-electron chi connectivity index (χ0n) is 9.55. The Bertz CT molecular complexity index is 631. The summed E-state index contributed by atoms with van der Waals surface area (Å²) in [7, 11) is 0. The summed E-state index contributed by atoms with van der Waals surface area (Å²) in [5, 5.41) is 9.05. The van der Waals surface area contributed by atoms with Crippen LogP contribution in [0.15, 0.2) is 46.2 Å². The van der Waals surface area contributed by atoms with Crippen LogP contribution in [-0.4, -0.2) is 0 Å². The largest absolute Gasteiger partial charge is 0.399 e. The molecule has 0 saturated carbocycles. The van der Waals surface area contributed by atoms with Crippen molar-refractivity contribution in [3.05, 3.63) is 42.0 Å². The summed E-state index contributed by atoms with van der Waals surface area (Å²) < 4.78 is 0. The molecule has 0 heterocycles. The molecule has 0 atom stereocenters. The van der Waals surface area contributed by atoms with Crippen LogP contribution in [-0.2, 0) is 0 Å². The third-order valence-electron chi connectivity index (χ3n) is 2.38. The number of nitrogen functional groups attached to an aromatic ring is 3. The smallest absolute Gasteiger partial charge is 0.100 e. The lowest BCUT2D eigenvalue weighted by molar-refractivity contribution is 1.35. The van der Waals surface area contributed by atoms with E-state index in [1.807, 2.05) is 0 Å². The van der Waals surface area contributed by atoms with Gasteiger partial charge in [-0.1, -0.05) is 11.8 Å². The lowest BCUT2D eigenvalue weighted by Crippen LogP contribution is -1.93. The van der Waals surface area contributed by atoms with Gasteiger partial charge in [-0.2, -0.15) is 5.26 Å². The Morgan fingerprint density at radius 2 is 1.50 bits per heavy atom. The molecule has 0 fully saturated rings. The average Bonchev–Trinajstić information content (AvgIpc) is 2.34. The van der Waals surface area contributed by atoms with Gasteiger partial charge in [0, 0.05) is 26.9 Å². The molecule has 0 aliphatic carbocycles. The van der Waals surface area contributed by atoms with Gasteiger partial charge in [0.15, 0.2) is 0 Å². The van der Waals surface area contributed by atoms with Gasteiger partial charge in [-0.3, -0.25) is 0 Å². The van der Waals surface area contributed by atoms with Crippen molar-refractivity contribution in [2.45, 2.75) is 9.79 Å². The van der Waals surface area contributed by atoms with Gasteiger partial charge >= 0.3 is 0 Å². The Kier molecular flexibility index (Phi) is 3.31. The fraction of sp³-hybridized carbons (Fsp3) is 0. The van der Waals surface area contributed by atoms with E-state index in [1.165, 1.54) is 11.8 Å². The van der Waals surface area contributed by atoms with Crippen molar-refractivity contribution >= 4 is 28.8 Å². The van der Waals surface area contributed by atoms with Crippen molar-refractivity contribution < 1.29 is 0 Å². The van der Waals surface area contributed by atoms with Crippen LogP contribution < -0.4 is 17.2 Å². The highest BCUT2D eigenvalue weighted by molar-refractivity contribution is 7.99. The molecule has 2 rings (SSSR count). The molecule has 0 aromatic heterocycles. The lowest BCUT2D eigenvalue weighted by atomic mass is 10.2. The van der Waals surface area contributed by atoms with Gasteiger partial charge in [0.2, 0.25) is 0 Å². The van der Waals surface area contributed by atoms with Crippen LogP contribution in [0.1, 0.15) is 5.56 Å². The van der Waals surface area contributed by atoms with Crippen LogP contribution in [0, 0.1) is 11.3 Å². The predicted octanol–water partition coefficient (Wildman–Crippen LogP) is 2.46. The highest BCUT2D eigenvalue weighted by atomic mass is 32.2. The number of hydrogen-bond acceptors (Lipinski definition) is 5. The number of nitrogens with zero attached hydrogens (tertiary/aromatic N) is 1. The predicted molar refractivity (Wildman–Crippen MR) is 75.0 cm³/mol. The molecule has 0 unspecified atom stereocenters. The zero-order chi connectivity index (χ0) is 13.1. The van der Waals surface area contributed by atoms with Crippen molar-refractivity contribution in [1.82, 2.24) is 0 Å². The zero-order valence-corrected chi connectivity index (χ0v) is 10.4. The Balaban J connectivity index is 2.43. The Morgan fingerprint density at radius 3 is 2.17 bits per heavy atom. The molecule has 2 aromatic rings. The second kappa shape index (κ2) is 4.90. The van der Waals surface area contributed by atoms with E-state index in [4.69, 9.17) is 22.5 Å². The molecule has 4 nitrogen and oxygen atoms in total. The molecule has 5 heteroatoms. The van der Waals surface area contributed by atoms with Crippen molar-refractivity contribution in [3.63, 3.8) is 0 Å². The van der Waals surface area contributed by atoms with Crippen LogP contribution in [0.3, 0.4) is 0 Å². The van der Waals surface area contributed by atoms with Gasteiger partial charge in [0.25, 0.3) is 0 Å². The van der Waals surface area contributed by atoms with Crippen LogP contribution in [0.2, 0.25) is 0 Å². The molecule has 0 aliphatic rings. The quantitative estimate of drug-likeness (QED) is 0.716. The maximum absolute atomic E-state index is 9.05. The van der Waals surface area contributed by atoms with Crippen molar-refractivity contribution in [2.75, 3.05) is 17.2 Å². The van der Waals surface area contributed by atoms with Crippen LogP contribution in [0.4, 0.5) is 17.1 Å². The van der Waals surface area contributed by atoms with E-state index >= 15 is 0 Å². The standard InChI is InChI=1S/C13H12N4S/c14-7-8-1-2-9(15)5-12(8)18-13-6-10(16)3-4-11(13)17/h1-6H,15-17H2. The first-order valence-corrected chi connectivity index (χ1v) is 6.04. The third kappa shape index (κ3) is 2.50. The van der Waals surface area contributed by atoms with Gasteiger partial charge in [-0.15, -0.1) is 0 Å². The minimum absolute atomic E-state index is 0.566. The summed E-state index contributed by atoms with van der Waals surface area (Å²) in [4.78, 5) is 1.59. The van der Waals surface area contributed by atoms with Crippen molar-refractivity contribution in [2.24, 2.45) is 0 Å². The summed E-state index contributed by atoms with van der Waals surface area (Å²) >= 11 is 1.39. The minimum atomic E-state index is 0.566. The van der Waals surface area contributed by atoms with Gasteiger partial charge < -0.3 is 17.2 Å². The first-order chi connectivity index (χ1) is 8.60. The lowest BCUT2D eigenvalue weighted by Gasteiger charge is -2.08. The van der Waals surface area contributed by atoms with Crippen LogP contribution in [0.25, 0.3) is 0 Å². The number of rotatable bonds is 2. The highest BCUT2D eigenvalue weighted by Crippen LogP contribution is 2.35. The second-order valence-corrected chi connectivity index (χ2v) is 4.85. The van der Waals surface area contributed by atoms with E-state index in [0.717, 1.165) is 9.79 Å². The second-order valence-electron chi connectivity index (χ2n) is 3.77.